The van der Waals surface area contributed by atoms with Crippen LogP contribution in [0.3, 0.4) is 0 Å². The van der Waals surface area contributed by atoms with Gasteiger partial charge in [-0.25, -0.2) is 9.97 Å². The van der Waals surface area contributed by atoms with Crippen LogP contribution in [-0.4, -0.2) is 51.9 Å². The van der Waals surface area contributed by atoms with Crippen LogP contribution in [-0.2, 0) is 4.79 Å². The third kappa shape index (κ3) is 4.31. The molecule has 0 fully saturated rings. The average Bonchev–Trinajstić information content (AvgIpc) is 2.94. The van der Waals surface area contributed by atoms with E-state index >= 15 is 0 Å². The van der Waals surface area contributed by atoms with Crippen molar-refractivity contribution in [3.63, 3.8) is 0 Å². The van der Waals surface area contributed by atoms with E-state index in [2.05, 4.69) is 37.6 Å². The zero-order chi connectivity index (χ0) is 24.4. The number of amides is 2. The number of benzene rings is 2. The second kappa shape index (κ2) is 9.73. The van der Waals surface area contributed by atoms with E-state index in [1.54, 1.807) is 16.0 Å². The molecule has 7 heteroatoms. The van der Waals surface area contributed by atoms with Crippen LogP contribution in [0.15, 0.2) is 60.8 Å². The van der Waals surface area contributed by atoms with Gasteiger partial charge in [0.1, 0.15) is 5.56 Å². The highest BCUT2D eigenvalue weighted by Crippen LogP contribution is 2.40. The number of fused-ring (bicyclic) bond motifs is 2. The first-order valence-electron chi connectivity index (χ1n) is 11.8. The lowest BCUT2D eigenvalue weighted by Crippen LogP contribution is -2.45. The van der Waals surface area contributed by atoms with Gasteiger partial charge in [0.25, 0.3) is 5.91 Å². The maximum absolute atomic E-state index is 13.9. The van der Waals surface area contributed by atoms with Gasteiger partial charge in [-0.05, 0) is 46.8 Å². The van der Waals surface area contributed by atoms with Crippen molar-refractivity contribution < 1.29 is 9.59 Å². The van der Waals surface area contributed by atoms with Crippen LogP contribution in [0, 0.1) is 0 Å². The first-order valence-corrected chi connectivity index (χ1v) is 11.8. The molecule has 1 aromatic heterocycles. The highest BCUT2D eigenvalue weighted by atomic mass is 16.2. The summed E-state index contributed by atoms with van der Waals surface area (Å²) < 4.78 is 0. The number of carbonyl (C=O) groups excluding carboxylic acids is 2. The van der Waals surface area contributed by atoms with Crippen molar-refractivity contribution in [2.75, 3.05) is 22.9 Å². The number of hydrogen-bond donors (Lipinski definition) is 0. The highest BCUT2D eigenvalue weighted by molar-refractivity contribution is 6.18. The van der Waals surface area contributed by atoms with Crippen LogP contribution in [0.1, 0.15) is 45.0 Å². The molecule has 1 aliphatic rings. The zero-order valence-electron chi connectivity index (χ0n) is 20.4. The summed E-state index contributed by atoms with van der Waals surface area (Å²) in [6.07, 6.45) is 1.55. The fourth-order valence-corrected chi connectivity index (χ4v) is 4.43. The molecule has 0 N–H and O–H groups in total. The van der Waals surface area contributed by atoms with Crippen molar-refractivity contribution in [3.8, 4) is 11.4 Å². The van der Waals surface area contributed by atoms with Gasteiger partial charge in [0.15, 0.2) is 11.6 Å². The van der Waals surface area contributed by atoms with Gasteiger partial charge in [-0.1, -0.05) is 42.5 Å². The first-order chi connectivity index (χ1) is 16.3. The molecule has 7 nitrogen and oxygen atoms in total. The summed E-state index contributed by atoms with van der Waals surface area (Å²) >= 11 is 0. The summed E-state index contributed by atoms with van der Waals surface area (Å²) in [7, 11) is 0. The molecular formula is C27H31N5O2. The summed E-state index contributed by atoms with van der Waals surface area (Å²) in [4.78, 5) is 42.2. The minimum Gasteiger partial charge on any atom is -0.306 e. The van der Waals surface area contributed by atoms with Gasteiger partial charge in [-0.2, -0.15) is 0 Å². The molecule has 0 atom stereocenters. The maximum atomic E-state index is 13.9. The minimum absolute atomic E-state index is 0.139. The van der Waals surface area contributed by atoms with E-state index in [1.807, 2.05) is 61.5 Å². The van der Waals surface area contributed by atoms with Gasteiger partial charge >= 0.3 is 0 Å². The second-order valence-electron chi connectivity index (χ2n) is 8.92. The van der Waals surface area contributed by atoms with E-state index < -0.39 is 0 Å². The molecule has 176 valence electrons. The monoisotopic (exact) mass is 457 g/mol. The van der Waals surface area contributed by atoms with Crippen LogP contribution in [0.5, 0.6) is 0 Å². The summed E-state index contributed by atoms with van der Waals surface area (Å²) in [5.41, 5.74) is 2.46. The van der Waals surface area contributed by atoms with Crippen molar-refractivity contribution >= 4 is 29.0 Å². The predicted molar refractivity (Wildman–Crippen MR) is 135 cm³/mol. The normalized spacial score (nSPS) is 13.4. The molecule has 0 unspecified atom stereocenters. The van der Waals surface area contributed by atoms with E-state index in [9.17, 15) is 9.59 Å². The summed E-state index contributed by atoms with van der Waals surface area (Å²) in [6, 6.07) is 17.5. The van der Waals surface area contributed by atoms with Gasteiger partial charge in [0.05, 0.1) is 17.9 Å². The number of carbonyl (C=O) groups is 2. The molecule has 34 heavy (non-hydrogen) atoms. The lowest BCUT2D eigenvalue weighted by molar-refractivity contribution is -0.120. The Balaban J connectivity index is 1.92. The lowest BCUT2D eigenvalue weighted by atomic mass is 10.2. The Labute approximate surface area is 201 Å². The van der Waals surface area contributed by atoms with Crippen LogP contribution in [0.4, 0.5) is 17.2 Å². The van der Waals surface area contributed by atoms with Gasteiger partial charge < -0.3 is 4.90 Å². The van der Waals surface area contributed by atoms with Gasteiger partial charge in [0.2, 0.25) is 5.91 Å². The number of nitrogens with zero attached hydrogens (tertiary/aromatic N) is 5. The third-order valence-electron chi connectivity index (χ3n) is 6.11. The van der Waals surface area contributed by atoms with E-state index in [0.717, 1.165) is 5.56 Å². The molecule has 1 aliphatic heterocycles. The molecule has 0 bridgehead atoms. The van der Waals surface area contributed by atoms with Gasteiger partial charge in [-0.15, -0.1) is 0 Å². The third-order valence-corrected chi connectivity index (χ3v) is 6.11. The SMILES string of the molecule is CCN1C(=O)c2cnc(-c3ccccc3)nc2N(C(=O)CN(C(C)C)C(C)C)c2ccccc21. The summed E-state index contributed by atoms with van der Waals surface area (Å²) in [5.74, 6) is 0.431. The number of aromatic nitrogens is 2. The second-order valence-corrected chi connectivity index (χ2v) is 8.92. The van der Waals surface area contributed by atoms with Crippen LogP contribution >= 0.6 is 0 Å². The highest BCUT2D eigenvalue weighted by Gasteiger charge is 2.36. The fourth-order valence-electron chi connectivity index (χ4n) is 4.43. The molecule has 2 heterocycles. The quantitative estimate of drug-likeness (QED) is 0.526. The molecule has 3 aromatic rings. The van der Waals surface area contributed by atoms with E-state index in [4.69, 9.17) is 4.98 Å². The molecule has 0 radical (unpaired) electrons. The van der Waals surface area contributed by atoms with Crippen molar-refractivity contribution in [1.82, 2.24) is 14.9 Å². The molecule has 2 aromatic carbocycles. The Morgan fingerprint density at radius 2 is 1.56 bits per heavy atom. The van der Waals surface area contributed by atoms with E-state index in [0.29, 0.717) is 35.1 Å². The topological polar surface area (TPSA) is 69.6 Å². The fraction of sp³-hybridized carbons (Fsp3) is 0.333. The zero-order valence-corrected chi connectivity index (χ0v) is 20.4. The maximum Gasteiger partial charge on any atom is 0.263 e. The van der Waals surface area contributed by atoms with Crippen molar-refractivity contribution in [2.45, 2.75) is 46.7 Å². The Hall–Kier alpha value is -3.58. The number of rotatable bonds is 6. The average molecular weight is 458 g/mol. The van der Waals surface area contributed by atoms with E-state index in [-0.39, 0.29) is 30.4 Å². The smallest absolute Gasteiger partial charge is 0.263 e. The molecular weight excluding hydrogens is 426 g/mol. The van der Waals surface area contributed by atoms with Crippen molar-refractivity contribution in [2.24, 2.45) is 0 Å². The largest absolute Gasteiger partial charge is 0.306 e. The van der Waals surface area contributed by atoms with Crippen LogP contribution < -0.4 is 9.80 Å². The van der Waals surface area contributed by atoms with Crippen LogP contribution in [0.2, 0.25) is 0 Å². The van der Waals surface area contributed by atoms with Gasteiger partial charge in [0, 0.05) is 30.4 Å². The Morgan fingerprint density at radius 1 is 0.941 bits per heavy atom. The Bertz CT molecular complexity index is 1180. The molecule has 2 amide bonds. The van der Waals surface area contributed by atoms with Crippen LogP contribution in [0.25, 0.3) is 11.4 Å². The summed E-state index contributed by atoms with van der Waals surface area (Å²) in [5, 5.41) is 0. The number of hydrogen-bond acceptors (Lipinski definition) is 5. The Kier molecular flexibility index (Phi) is 6.75. The van der Waals surface area contributed by atoms with E-state index in [1.165, 1.54) is 0 Å². The summed E-state index contributed by atoms with van der Waals surface area (Å²) in [6.45, 7) is 10.9. The molecule has 0 saturated carbocycles. The molecule has 0 spiro atoms. The number of anilines is 3. The lowest BCUT2D eigenvalue weighted by Gasteiger charge is -2.32. The molecule has 0 aliphatic carbocycles. The molecule has 4 rings (SSSR count). The predicted octanol–water partition coefficient (Wildman–Crippen LogP) is 4.91. The first kappa shape index (κ1) is 23.6. The van der Waals surface area contributed by atoms with Crippen molar-refractivity contribution in [1.29, 1.82) is 0 Å². The number of para-hydroxylation sites is 2. The molecule has 0 saturated heterocycles. The standard InChI is InChI=1S/C27H31N5O2/c1-6-30-22-14-10-11-15-23(22)32(24(33)17-31(18(2)3)19(4)5)26-21(27(30)34)16-28-25(29-26)20-12-8-7-9-13-20/h7-16,18-19H,6,17H2,1-5H3. The Morgan fingerprint density at radius 3 is 2.18 bits per heavy atom. The minimum atomic E-state index is -0.218. The van der Waals surface area contributed by atoms with Gasteiger partial charge in [-0.3, -0.25) is 19.4 Å². The van der Waals surface area contributed by atoms with Crippen molar-refractivity contribution in [3.05, 3.63) is 66.4 Å².